The fourth-order valence-corrected chi connectivity index (χ4v) is 3.63. The Morgan fingerprint density at radius 3 is 2.19 bits per heavy atom. The van der Waals surface area contributed by atoms with Crippen molar-refractivity contribution < 1.29 is 23.8 Å². The predicted molar refractivity (Wildman–Crippen MR) is 142 cm³/mol. The lowest BCUT2D eigenvalue weighted by Gasteiger charge is -2.17. The highest BCUT2D eigenvalue weighted by molar-refractivity contribution is 6.39. The number of ether oxygens (including phenoxy) is 3. The van der Waals surface area contributed by atoms with Crippen molar-refractivity contribution in [3.05, 3.63) is 87.9 Å². The van der Waals surface area contributed by atoms with E-state index in [0.29, 0.717) is 33.8 Å². The van der Waals surface area contributed by atoms with Crippen LogP contribution in [0.25, 0.3) is 0 Å². The van der Waals surface area contributed by atoms with Crippen molar-refractivity contribution in [1.29, 1.82) is 0 Å². The molecule has 0 heterocycles. The van der Waals surface area contributed by atoms with Crippen LogP contribution in [0, 0.1) is 5.41 Å². The first-order valence-corrected chi connectivity index (χ1v) is 12.2. The zero-order chi connectivity index (χ0) is 26.1. The minimum atomic E-state index is -0.746. The molecule has 36 heavy (non-hydrogen) atoms. The van der Waals surface area contributed by atoms with E-state index in [4.69, 9.17) is 37.4 Å². The van der Waals surface area contributed by atoms with Crippen LogP contribution in [0.15, 0.2) is 66.7 Å². The number of carbonyl (C=O) groups is 2. The fraction of sp³-hybridized carbons (Fsp3) is 0.286. The maximum Gasteiger partial charge on any atom is 0.513 e. The summed E-state index contributed by atoms with van der Waals surface area (Å²) in [4.78, 5) is 24.3. The summed E-state index contributed by atoms with van der Waals surface area (Å²) in [5, 5.41) is 4.16. The zero-order valence-electron chi connectivity index (χ0n) is 20.5. The Bertz CT molecular complexity index is 1170. The molecule has 0 aliphatic carbocycles. The molecule has 0 saturated carbocycles. The normalized spacial score (nSPS) is 11.0. The number of esters is 1. The summed E-state index contributed by atoms with van der Waals surface area (Å²) in [5.74, 6) is -0.0404. The summed E-state index contributed by atoms with van der Waals surface area (Å²) in [6, 6.07) is 19.3. The van der Waals surface area contributed by atoms with Crippen molar-refractivity contribution in [3.63, 3.8) is 0 Å². The van der Waals surface area contributed by atoms with Crippen LogP contribution < -0.4 is 10.1 Å². The molecule has 6 nitrogen and oxygen atoms in total. The maximum absolute atomic E-state index is 12.5. The van der Waals surface area contributed by atoms with Crippen LogP contribution in [0.5, 0.6) is 5.75 Å². The van der Waals surface area contributed by atoms with E-state index in [9.17, 15) is 9.59 Å². The molecule has 0 fully saturated rings. The number of hydrogen-bond acceptors (Lipinski definition) is 6. The van der Waals surface area contributed by atoms with Crippen LogP contribution in [0.4, 0.5) is 16.2 Å². The number of anilines is 2. The average Bonchev–Trinajstić information content (AvgIpc) is 2.81. The lowest BCUT2D eigenvalue weighted by Crippen LogP contribution is -2.15. The molecule has 0 bridgehead atoms. The van der Waals surface area contributed by atoms with Gasteiger partial charge in [0.25, 0.3) is 0 Å². The van der Waals surface area contributed by atoms with Gasteiger partial charge in [0.2, 0.25) is 0 Å². The van der Waals surface area contributed by atoms with E-state index in [1.165, 1.54) is 0 Å². The number of para-hydroxylation sites is 2. The predicted octanol–water partition coefficient (Wildman–Crippen LogP) is 7.97. The van der Waals surface area contributed by atoms with Gasteiger partial charge in [-0.1, -0.05) is 80.4 Å². The van der Waals surface area contributed by atoms with Gasteiger partial charge in [0.15, 0.2) is 0 Å². The molecule has 8 heteroatoms. The van der Waals surface area contributed by atoms with E-state index < -0.39 is 12.1 Å². The van der Waals surface area contributed by atoms with E-state index in [2.05, 4.69) is 26.1 Å². The van der Waals surface area contributed by atoms with Crippen molar-refractivity contribution in [2.45, 2.75) is 40.2 Å². The Balaban J connectivity index is 1.50. The number of benzene rings is 3. The van der Waals surface area contributed by atoms with Gasteiger partial charge in [-0.25, -0.2) is 4.79 Å². The lowest BCUT2D eigenvalue weighted by molar-refractivity contribution is -0.144. The number of carbonyl (C=O) groups excluding carboxylic acids is 2. The molecule has 0 unspecified atom stereocenters. The summed E-state index contributed by atoms with van der Waals surface area (Å²) in [5.41, 5.74) is 2.85. The first kappa shape index (κ1) is 27.4. The van der Waals surface area contributed by atoms with Crippen molar-refractivity contribution in [2.24, 2.45) is 5.41 Å². The van der Waals surface area contributed by atoms with Crippen LogP contribution in [-0.4, -0.2) is 18.7 Å². The molecule has 190 valence electrons. The highest BCUT2D eigenvalue weighted by Crippen LogP contribution is 2.33. The summed E-state index contributed by atoms with van der Waals surface area (Å²) in [7, 11) is 0. The second-order valence-corrected chi connectivity index (χ2v) is 10.2. The van der Waals surface area contributed by atoms with Crippen molar-refractivity contribution in [1.82, 2.24) is 0 Å². The highest BCUT2D eigenvalue weighted by Gasteiger charge is 2.14. The van der Waals surface area contributed by atoms with E-state index in [1.54, 1.807) is 42.5 Å². The highest BCUT2D eigenvalue weighted by atomic mass is 35.5. The first-order chi connectivity index (χ1) is 17.1. The van der Waals surface area contributed by atoms with E-state index in [0.717, 1.165) is 17.5 Å². The molecule has 1 N–H and O–H groups in total. The maximum atomic E-state index is 12.5. The Morgan fingerprint density at radius 2 is 1.53 bits per heavy atom. The smallest absolute Gasteiger partial charge is 0.461 e. The molecule has 3 rings (SSSR count). The van der Waals surface area contributed by atoms with Gasteiger partial charge >= 0.3 is 12.1 Å². The topological polar surface area (TPSA) is 73.9 Å². The number of halogens is 2. The SMILES string of the molecule is CC(C)(C)CCOC(=O)Oc1ccc(COC(=O)Cc2ccccc2Nc2c(Cl)cccc2Cl)cc1. The molecular weight excluding hydrogens is 501 g/mol. The Morgan fingerprint density at radius 1 is 0.861 bits per heavy atom. The molecule has 0 aliphatic heterocycles. The summed E-state index contributed by atoms with van der Waals surface area (Å²) < 4.78 is 15.7. The lowest BCUT2D eigenvalue weighted by atomic mass is 9.93. The van der Waals surface area contributed by atoms with Gasteiger partial charge in [-0.15, -0.1) is 0 Å². The van der Waals surface area contributed by atoms with Crippen molar-refractivity contribution in [3.8, 4) is 5.75 Å². The molecule has 0 amide bonds. The minimum Gasteiger partial charge on any atom is -0.461 e. The number of hydrogen-bond donors (Lipinski definition) is 1. The van der Waals surface area contributed by atoms with Gasteiger partial charge in [-0.3, -0.25) is 4.79 Å². The van der Waals surface area contributed by atoms with Gasteiger partial charge in [0.05, 0.1) is 28.8 Å². The first-order valence-electron chi connectivity index (χ1n) is 11.5. The Hall–Kier alpha value is -3.22. The van der Waals surface area contributed by atoms with Crippen LogP contribution in [0.3, 0.4) is 0 Å². The van der Waals surface area contributed by atoms with E-state index >= 15 is 0 Å². The van der Waals surface area contributed by atoms with Crippen LogP contribution in [-0.2, 0) is 27.3 Å². The molecule has 0 aromatic heterocycles. The summed E-state index contributed by atoms with van der Waals surface area (Å²) in [6.07, 6.45) is 0.0526. The third kappa shape index (κ3) is 8.77. The van der Waals surface area contributed by atoms with Crippen LogP contribution in [0.2, 0.25) is 10.0 Å². The van der Waals surface area contributed by atoms with Gasteiger partial charge in [-0.05, 0) is 53.3 Å². The van der Waals surface area contributed by atoms with Gasteiger partial charge in [-0.2, -0.15) is 0 Å². The Kier molecular flexibility index (Phi) is 9.62. The van der Waals surface area contributed by atoms with Gasteiger partial charge in [0, 0.05) is 5.69 Å². The van der Waals surface area contributed by atoms with Gasteiger partial charge < -0.3 is 19.5 Å². The molecule has 0 radical (unpaired) electrons. The largest absolute Gasteiger partial charge is 0.513 e. The molecule has 0 saturated heterocycles. The molecule has 3 aromatic rings. The second-order valence-electron chi connectivity index (χ2n) is 9.37. The standard InChI is InChI=1S/C28H29Cl2NO5/c1-28(2,3)15-16-34-27(33)36-21-13-11-19(12-14-21)18-35-25(32)17-20-7-4-5-10-24(20)31-26-22(29)8-6-9-23(26)30/h4-14,31H,15-18H2,1-3H3. The van der Waals surface area contributed by atoms with E-state index in [1.807, 2.05) is 24.3 Å². The average molecular weight is 530 g/mol. The molecule has 3 aromatic carbocycles. The van der Waals surface area contributed by atoms with Crippen molar-refractivity contribution >= 4 is 46.7 Å². The monoisotopic (exact) mass is 529 g/mol. The minimum absolute atomic E-state index is 0.0623. The zero-order valence-corrected chi connectivity index (χ0v) is 22.0. The molecular formula is C28H29Cl2NO5. The van der Waals surface area contributed by atoms with E-state index in [-0.39, 0.29) is 18.4 Å². The number of nitrogens with one attached hydrogen (secondary N) is 1. The fourth-order valence-electron chi connectivity index (χ4n) is 3.14. The second kappa shape index (κ2) is 12.7. The number of rotatable bonds is 9. The van der Waals surface area contributed by atoms with Gasteiger partial charge in [0.1, 0.15) is 12.4 Å². The Labute approximate surface area is 221 Å². The van der Waals surface area contributed by atoms with Crippen molar-refractivity contribution in [2.75, 3.05) is 11.9 Å². The van der Waals surface area contributed by atoms with Crippen LogP contribution >= 0.6 is 23.2 Å². The summed E-state index contributed by atoms with van der Waals surface area (Å²) in [6.45, 7) is 6.58. The molecule has 0 spiro atoms. The van der Waals surface area contributed by atoms with Crippen LogP contribution in [0.1, 0.15) is 38.3 Å². The molecule has 0 atom stereocenters. The third-order valence-electron chi connectivity index (χ3n) is 5.17. The summed E-state index contributed by atoms with van der Waals surface area (Å²) >= 11 is 12.5. The molecule has 0 aliphatic rings. The quantitative estimate of drug-likeness (QED) is 0.223. The third-order valence-corrected chi connectivity index (χ3v) is 5.80.